The summed E-state index contributed by atoms with van der Waals surface area (Å²) in [6.45, 7) is 14.4. The summed E-state index contributed by atoms with van der Waals surface area (Å²) >= 11 is 6.51. The van der Waals surface area contributed by atoms with Gasteiger partial charge in [-0.2, -0.15) is 0 Å². The molecule has 0 atom stereocenters. The maximum atomic E-state index is 12.5. The van der Waals surface area contributed by atoms with Crippen LogP contribution in [0.3, 0.4) is 0 Å². The third kappa shape index (κ3) is 7.99. The molecule has 1 N–H and O–H groups in total. The highest BCUT2D eigenvalue weighted by Gasteiger charge is 2.30. The molecular weight excluding hydrogens is 570 g/mol. The molecule has 1 fully saturated rings. The predicted octanol–water partition coefficient (Wildman–Crippen LogP) is 7.62. The zero-order valence-corrected chi connectivity index (χ0v) is 27.8. The number of nitrogens with zero attached hydrogens (tertiary/aromatic N) is 4. The van der Waals surface area contributed by atoms with Crippen LogP contribution in [0.5, 0.6) is 0 Å². The van der Waals surface area contributed by atoms with E-state index in [1.165, 1.54) is 5.56 Å². The summed E-state index contributed by atoms with van der Waals surface area (Å²) in [6.07, 6.45) is 5.91. The fraction of sp³-hybridized carbons (Fsp3) is 0.531. The van der Waals surface area contributed by atoms with E-state index < -0.39 is 22.0 Å². The molecule has 0 aliphatic carbocycles. The molecule has 1 saturated heterocycles. The number of rotatable bonds is 8. The van der Waals surface area contributed by atoms with Crippen molar-refractivity contribution in [2.24, 2.45) is 0 Å². The Morgan fingerprint density at radius 2 is 1.69 bits per heavy atom. The largest absolute Gasteiger partial charge is 0.444 e. The van der Waals surface area contributed by atoms with Crippen LogP contribution in [-0.2, 0) is 22.1 Å². The summed E-state index contributed by atoms with van der Waals surface area (Å²) in [6, 6.07) is 16.5. The first kappa shape index (κ1) is 32.2. The van der Waals surface area contributed by atoms with Gasteiger partial charge in [-0.15, -0.1) is 20.5 Å². The number of ether oxygens (including phenoxy) is 1. The lowest BCUT2D eigenvalue weighted by molar-refractivity contribution is 0.0522. The lowest BCUT2D eigenvalue weighted by Crippen LogP contribution is -2.35. The van der Waals surface area contributed by atoms with Crippen molar-refractivity contribution in [3.8, 4) is 5.69 Å². The number of hydrogen-bond acceptors (Lipinski definition) is 6. The minimum atomic E-state index is -1.37. The molecule has 3 aromatic rings. The van der Waals surface area contributed by atoms with Crippen LogP contribution in [0.25, 0.3) is 5.69 Å². The van der Waals surface area contributed by atoms with Crippen LogP contribution in [0.15, 0.2) is 48.5 Å². The molecule has 1 aliphatic rings. The summed E-state index contributed by atoms with van der Waals surface area (Å²) in [7, 11) is -1.37. The number of amides is 1. The third-order valence-corrected chi connectivity index (χ3v) is 11.7. The van der Waals surface area contributed by atoms with Gasteiger partial charge in [0.2, 0.25) is 5.95 Å². The smallest absolute Gasteiger partial charge is 0.408 e. The lowest BCUT2D eigenvalue weighted by Gasteiger charge is -2.43. The Balaban J connectivity index is 1.67. The number of piperidine rings is 1. The molecule has 10 heteroatoms. The molecule has 0 unspecified atom stereocenters. The van der Waals surface area contributed by atoms with E-state index in [2.05, 4.69) is 84.0 Å². The second kappa shape index (κ2) is 12.9. The van der Waals surface area contributed by atoms with Crippen molar-refractivity contribution in [3.63, 3.8) is 0 Å². The maximum absolute atomic E-state index is 12.5. The Hall–Kier alpha value is -2.75. The third-order valence-electron chi connectivity index (χ3n) is 7.82. The van der Waals surface area contributed by atoms with Crippen molar-refractivity contribution >= 4 is 34.0 Å². The molecule has 230 valence electrons. The molecule has 2 aromatic carbocycles. The van der Waals surface area contributed by atoms with Gasteiger partial charge in [-0.3, -0.25) is 4.57 Å². The summed E-state index contributed by atoms with van der Waals surface area (Å²) in [4.78, 5) is 14.8. The van der Waals surface area contributed by atoms with Crippen molar-refractivity contribution in [3.05, 3.63) is 70.5 Å². The van der Waals surface area contributed by atoms with Gasteiger partial charge in [-0.05, 0) is 75.8 Å². The van der Waals surface area contributed by atoms with E-state index in [1.807, 2.05) is 43.5 Å². The molecule has 8 nitrogen and oxygen atoms in total. The van der Waals surface area contributed by atoms with Gasteiger partial charge in [0.1, 0.15) is 5.60 Å². The number of nitrogens with one attached hydrogen (secondary N) is 1. The summed E-state index contributed by atoms with van der Waals surface area (Å²) in [5.41, 5.74) is 2.59. The number of carbonyl (C=O) groups excluding carboxylic acids is 1. The highest BCUT2D eigenvalue weighted by Crippen LogP contribution is 2.54. The standard InChI is InChI=1S/C32H46ClN5O3S/c1-31(2,3)41-30(39)34-21-28-35-36-29(37-18-16-24(17-19-37)23-12-10-9-11-13-23)38(28)27-15-14-26(33)20-25(27)22-40-42(7,8)32(4,5)6/h9-15,20,24H,16-19,21-22H2,1-8H3,(H,34,39). The fourth-order valence-electron chi connectivity index (χ4n) is 4.75. The number of aromatic nitrogens is 3. The molecule has 0 bridgehead atoms. The van der Waals surface area contributed by atoms with Crippen molar-refractivity contribution < 1.29 is 13.7 Å². The van der Waals surface area contributed by atoms with Crippen molar-refractivity contribution in [1.29, 1.82) is 0 Å². The molecule has 2 heterocycles. The van der Waals surface area contributed by atoms with E-state index in [0.717, 1.165) is 43.1 Å². The Morgan fingerprint density at radius 1 is 1.02 bits per heavy atom. The van der Waals surface area contributed by atoms with Crippen LogP contribution in [0.1, 0.15) is 77.3 Å². The van der Waals surface area contributed by atoms with Crippen LogP contribution < -0.4 is 10.2 Å². The average Bonchev–Trinajstić information content (AvgIpc) is 3.33. The second-order valence-corrected chi connectivity index (χ2v) is 17.5. The van der Waals surface area contributed by atoms with Gasteiger partial charge < -0.3 is 19.1 Å². The van der Waals surface area contributed by atoms with Crippen molar-refractivity contribution in [2.75, 3.05) is 30.5 Å². The van der Waals surface area contributed by atoms with Gasteiger partial charge in [0, 0.05) is 28.4 Å². The zero-order chi connectivity index (χ0) is 30.7. The van der Waals surface area contributed by atoms with Crippen LogP contribution in [-0.4, -0.2) is 56.8 Å². The van der Waals surface area contributed by atoms with Gasteiger partial charge in [0.15, 0.2) is 5.82 Å². The molecule has 42 heavy (non-hydrogen) atoms. The minimum Gasteiger partial charge on any atom is -0.444 e. The Kier molecular flexibility index (Phi) is 9.85. The number of anilines is 1. The number of hydrogen-bond donors (Lipinski definition) is 1. The topological polar surface area (TPSA) is 81.5 Å². The second-order valence-electron chi connectivity index (χ2n) is 13.2. The van der Waals surface area contributed by atoms with Crippen molar-refractivity contribution in [2.45, 2.75) is 83.8 Å². The monoisotopic (exact) mass is 615 g/mol. The van der Waals surface area contributed by atoms with Crippen LogP contribution in [0.4, 0.5) is 10.7 Å². The summed E-state index contributed by atoms with van der Waals surface area (Å²) < 4.78 is 14.1. The number of benzene rings is 2. The molecule has 0 radical (unpaired) electrons. The quantitative estimate of drug-likeness (QED) is 0.281. The highest BCUT2D eigenvalue weighted by atomic mass is 35.5. The molecule has 1 amide bonds. The predicted molar refractivity (Wildman–Crippen MR) is 174 cm³/mol. The molecule has 4 rings (SSSR count). The Morgan fingerprint density at radius 3 is 2.31 bits per heavy atom. The maximum Gasteiger partial charge on any atom is 0.408 e. The van der Waals surface area contributed by atoms with Gasteiger partial charge in [0.05, 0.1) is 18.8 Å². The fourth-order valence-corrected chi connectivity index (χ4v) is 5.72. The normalized spacial score (nSPS) is 15.5. The van der Waals surface area contributed by atoms with E-state index in [4.69, 9.17) is 20.5 Å². The number of alkyl carbamates (subject to hydrolysis) is 1. The van der Waals surface area contributed by atoms with E-state index >= 15 is 0 Å². The highest BCUT2D eigenvalue weighted by molar-refractivity contribution is 8.29. The van der Waals surface area contributed by atoms with Gasteiger partial charge in [-0.25, -0.2) is 4.79 Å². The van der Waals surface area contributed by atoms with Crippen LogP contribution in [0.2, 0.25) is 5.02 Å². The average molecular weight is 616 g/mol. The van der Waals surface area contributed by atoms with E-state index in [9.17, 15) is 4.79 Å². The Bertz CT molecular complexity index is 1360. The van der Waals surface area contributed by atoms with E-state index in [0.29, 0.717) is 23.4 Å². The van der Waals surface area contributed by atoms with E-state index in [-0.39, 0.29) is 11.3 Å². The SMILES string of the molecule is CC(C)(C)OC(=O)NCc1nnc(N2CCC(c3ccccc3)CC2)n1-c1ccc(Cl)cc1COS(C)(C)C(C)(C)C. The van der Waals surface area contributed by atoms with Crippen LogP contribution in [0, 0.1) is 0 Å². The van der Waals surface area contributed by atoms with Gasteiger partial charge in [0.25, 0.3) is 0 Å². The zero-order valence-electron chi connectivity index (χ0n) is 26.2. The summed E-state index contributed by atoms with van der Waals surface area (Å²) in [5.74, 6) is 1.86. The molecule has 0 spiro atoms. The van der Waals surface area contributed by atoms with E-state index in [1.54, 1.807) is 0 Å². The minimum absolute atomic E-state index is 0.0129. The number of carbonyl (C=O) groups is 1. The first-order chi connectivity index (χ1) is 19.6. The molecule has 0 saturated carbocycles. The van der Waals surface area contributed by atoms with Gasteiger partial charge in [-0.1, -0.05) is 62.7 Å². The molecule has 1 aliphatic heterocycles. The lowest BCUT2D eigenvalue weighted by atomic mass is 9.90. The number of halogens is 1. The summed E-state index contributed by atoms with van der Waals surface area (Å²) in [5, 5.41) is 12.7. The molecular formula is C32H46ClN5O3S. The molecule has 1 aromatic heterocycles. The van der Waals surface area contributed by atoms with Crippen LogP contribution >= 0.6 is 21.9 Å². The van der Waals surface area contributed by atoms with Gasteiger partial charge >= 0.3 is 6.09 Å². The van der Waals surface area contributed by atoms with Crippen molar-refractivity contribution in [1.82, 2.24) is 20.1 Å². The first-order valence-corrected chi connectivity index (χ1v) is 17.3. The Labute approximate surface area is 257 Å². The first-order valence-electron chi connectivity index (χ1n) is 14.5.